The lowest BCUT2D eigenvalue weighted by atomic mass is 10.0. The lowest BCUT2D eigenvalue weighted by molar-refractivity contribution is -0.745. The molecule has 0 spiro atoms. The number of nitrogen functional groups attached to an aromatic ring is 3. The van der Waals surface area contributed by atoms with Gasteiger partial charge in [-0.25, -0.2) is 51.2 Å². The first kappa shape index (κ1) is 58.0. The number of hydrogen-bond acceptors (Lipinski definition) is 30. The average molecular weight is 1240 g/mol. The van der Waals surface area contributed by atoms with Gasteiger partial charge in [-0.05, 0) is 0 Å². The maximum absolute atomic E-state index is 14.0. The molecule has 16 atom stereocenters. The summed E-state index contributed by atoms with van der Waals surface area (Å²) in [6, 6.07) is -1.80. The second kappa shape index (κ2) is 20.6. The van der Waals surface area contributed by atoms with Crippen molar-refractivity contribution in [3.05, 3.63) is 46.0 Å². The van der Waals surface area contributed by atoms with Crippen LogP contribution in [0.4, 0.5) is 17.7 Å². The molecule has 41 nitrogen and oxygen atoms in total. The number of sulfonamides is 1. The minimum absolute atomic E-state index is 0.00203. The van der Waals surface area contributed by atoms with Gasteiger partial charge in [0.15, 0.2) is 41.4 Å². The van der Waals surface area contributed by atoms with Crippen LogP contribution in [0.2, 0.25) is 0 Å². The largest absolute Gasteiger partial charge is 0.490 e. The van der Waals surface area contributed by atoms with Crippen LogP contribution in [0.3, 0.4) is 0 Å². The minimum Gasteiger partial charge on any atom is -0.387 e. The summed E-state index contributed by atoms with van der Waals surface area (Å²) in [6.45, 7) is -4.54. The number of aryl methyl sites for hydroxylation is 1. The molecule has 46 heteroatoms. The van der Waals surface area contributed by atoms with Gasteiger partial charge < -0.3 is 71.0 Å². The van der Waals surface area contributed by atoms with Gasteiger partial charge in [0.05, 0.1) is 45.8 Å². The molecular formula is C34H47N16O25P4S+. The van der Waals surface area contributed by atoms with Gasteiger partial charge in [0.1, 0.15) is 66.2 Å². The van der Waals surface area contributed by atoms with Gasteiger partial charge in [0, 0.05) is 13.7 Å². The lowest BCUT2D eigenvalue weighted by Crippen LogP contribution is -2.49. The van der Waals surface area contributed by atoms with E-state index < -0.39 is 152 Å². The number of nitrogens with zero attached hydrogens (tertiary/aromatic N) is 11. The number of aliphatic hydroxyl groups is 3. The maximum atomic E-state index is 14.0. The Morgan fingerprint density at radius 3 is 2.10 bits per heavy atom. The molecule has 6 aromatic rings. The van der Waals surface area contributed by atoms with Crippen molar-refractivity contribution in [1.82, 2.24) is 57.9 Å². The summed E-state index contributed by atoms with van der Waals surface area (Å²) in [7, 11) is -25.9. The number of ether oxygens (including phenoxy) is 4. The Labute approximate surface area is 444 Å². The average Bonchev–Trinajstić information content (AvgIpc) is 4.37. The van der Waals surface area contributed by atoms with E-state index in [0.29, 0.717) is 10.6 Å². The van der Waals surface area contributed by atoms with E-state index in [-0.39, 0.29) is 51.2 Å². The number of anilines is 3. The molecule has 438 valence electrons. The maximum Gasteiger partial charge on any atom is 0.490 e. The third kappa shape index (κ3) is 10.8. The number of phosphoric acid groups is 4. The number of phosphoric ester groups is 3. The van der Waals surface area contributed by atoms with Crippen LogP contribution in [-0.4, -0.2) is 195 Å². The Morgan fingerprint density at radius 2 is 1.41 bits per heavy atom. The molecule has 0 saturated carbocycles. The molecule has 0 amide bonds. The molecule has 10 rings (SSSR count). The summed E-state index contributed by atoms with van der Waals surface area (Å²) >= 11 is 0. The van der Waals surface area contributed by atoms with Gasteiger partial charge in [0.2, 0.25) is 27.7 Å². The van der Waals surface area contributed by atoms with Crippen molar-refractivity contribution in [2.75, 3.05) is 56.9 Å². The summed E-state index contributed by atoms with van der Waals surface area (Å²) in [6.07, 6.45) is -11.6. The summed E-state index contributed by atoms with van der Waals surface area (Å²) in [5.74, 6) is -0.802. The van der Waals surface area contributed by atoms with Crippen molar-refractivity contribution in [2.24, 2.45) is 7.05 Å². The predicted octanol–water partition coefficient (Wildman–Crippen LogP) is -5.06. The molecule has 7 unspecified atom stereocenters. The molecule has 4 saturated heterocycles. The highest BCUT2D eigenvalue weighted by molar-refractivity contribution is 7.88. The molecule has 4 fully saturated rings. The number of methoxy groups -OCH3 is 1. The van der Waals surface area contributed by atoms with E-state index in [2.05, 4.69) is 48.5 Å². The molecule has 0 radical (unpaired) electrons. The van der Waals surface area contributed by atoms with Crippen LogP contribution in [0.15, 0.2) is 34.9 Å². The van der Waals surface area contributed by atoms with Crippen LogP contribution in [0.5, 0.6) is 0 Å². The number of aliphatic hydroxyl groups excluding tert-OH is 3. The van der Waals surface area contributed by atoms with Gasteiger partial charge >= 0.3 is 36.9 Å². The number of nitrogens with one attached hydrogen (secondary N) is 2. The van der Waals surface area contributed by atoms with E-state index in [4.69, 9.17) is 54.2 Å². The zero-order chi connectivity index (χ0) is 58.0. The van der Waals surface area contributed by atoms with E-state index in [9.17, 15) is 71.2 Å². The Bertz CT molecular complexity index is 3870. The van der Waals surface area contributed by atoms with E-state index in [0.717, 1.165) is 35.2 Å². The molecule has 15 N–H and O–H groups in total. The Kier molecular flexibility index (Phi) is 14.9. The summed E-state index contributed by atoms with van der Waals surface area (Å²) in [4.78, 5) is 96.8. The third-order valence-corrected chi connectivity index (χ3v) is 19.4. The predicted molar refractivity (Wildman–Crippen MR) is 257 cm³/mol. The molecule has 0 aliphatic carbocycles. The molecular weight excluding hydrogens is 1190 g/mol. The number of H-pyrrole nitrogens is 2. The van der Waals surface area contributed by atoms with Gasteiger partial charge in [-0.15, -0.1) is 0 Å². The quantitative estimate of drug-likeness (QED) is 0.0251. The van der Waals surface area contributed by atoms with Crippen molar-refractivity contribution in [3.63, 3.8) is 0 Å². The summed E-state index contributed by atoms with van der Waals surface area (Å²) in [5, 5.41) is 33.0. The highest BCUT2D eigenvalue weighted by Gasteiger charge is 2.69. The van der Waals surface area contributed by atoms with Gasteiger partial charge in [-0.3, -0.25) is 51.4 Å². The number of imidazole rings is 3. The molecule has 10 heterocycles. The Morgan fingerprint density at radius 1 is 0.787 bits per heavy atom. The fraction of sp³-hybridized carbons (Fsp3) is 0.559. The highest BCUT2D eigenvalue weighted by Crippen LogP contribution is 2.68. The van der Waals surface area contributed by atoms with Gasteiger partial charge in [-0.1, -0.05) is 4.98 Å². The van der Waals surface area contributed by atoms with Crippen molar-refractivity contribution < 1.29 is 112 Å². The lowest BCUT2D eigenvalue weighted by Gasteiger charge is -2.36. The molecule has 2 bridgehead atoms. The standard InChI is InChI=1S/C34H46N16O25P4S/c1-46-11-49(26-17(46)28(55)45-33(37)43-26)31-20(53)21(66-2)13(71-31)5-68-77(58,59)74-79(62,63)75-78(60,61)69-7-34-6-50(80(3,64)65)16(29(72-34)47-9-40-14-23(35)38-8-39-24(14)47)22(34)73-76(56,57)67-4-12-18(51)19(52)30(70-12)48-10-41-15-25(48)42-32(36)44-27(15)54/h8-13,16,18-22,29-31,51-53H,4-7H2,1-3H3,(H11-,35,36,37,38,39,42,43,44,45,54,55,56,57,58,59,60,61,62,63)/p+1/t12-,13-,16+,18?,19+,20+,21?,22?,29-,30-,31-,34-/m1/s1. The topological polar surface area (TPSA) is 579 Å². The number of morpholine rings is 1. The normalized spacial score (nSPS) is 31.2. The summed E-state index contributed by atoms with van der Waals surface area (Å²) < 4.78 is 138. The van der Waals surface area contributed by atoms with Crippen molar-refractivity contribution in [1.29, 1.82) is 0 Å². The number of rotatable bonds is 20. The first-order chi connectivity index (χ1) is 37.3. The SMILES string of the molecule is COC1[C@@H](COP(=O)(O)OP(=O)(O)OP(=O)(O)OC[C@]23CN(S(C)(=O)=O)[C@@H](C2OP(=O)(O)OC[C@H]2O[C@@H](n4cnc5c(=O)[nH]c(N)nc54)[C@@H](O)C2O)[C@H](n2cnc4c(N)ncnc42)O3)O[C@@H]([n+]2cn(C)c3c(=O)[nH]c(N)nc32)[C@H]1O. The zero-order valence-corrected chi connectivity index (χ0v) is 45.2. The van der Waals surface area contributed by atoms with Crippen molar-refractivity contribution in [2.45, 2.75) is 73.1 Å². The number of aromatic nitrogens is 12. The smallest absolute Gasteiger partial charge is 0.387 e. The fourth-order valence-corrected chi connectivity index (χ4v) is 15.3. The molecule has 6 aromatic heterocycles. The van der Waals surface area contributed by atoms with E-state index in [1.54, 1.807) is 0 Å². The Hall–Kier alpha value is -5.20. The number of aromatic amines is 2. The monoisotopic (exact) mass is 1240 g/mol. The second-order valence-corrected chi connectivity index (χ2v) is 26.2. The number of fused-ring (bicyclic) bond motifs is 5. The van der Waals surface area contributed by atoms with Crippen molar-refractivity contribution >= 4 is 92.5 Å². The molecule has 80 heavy (non-hydrogen) atoms. The van der Waals surface area contributed by atoms with Crippen LogP contribution >= 0.6 is 31.3 Å². The van der Waals surface area contributed by atoms with Gasteiger partial charge in [-0.2, -0.15) is 17.9 Å². The van der Waals surface area contributed by atoms with Crippen LogP contribution < -0.4 is 32.9 Å². The highest BCUT2D eigenvalue weighted by atomic mass is 32.2. The number of nitrogens with two attached hydrogens (primary N) is 3. The van der Waals surface area contributed by atoms with Crippen LogP contribution in [0.1, 0.15) is 18.7 Å². The van der Waals surface area contributed by atoms with Crippen LogP contribution in [0.25, 0.3) is 33.5 Å². The second-order valence-electron chi connectivity index (χ2n) is 18.2. The zero-order valence-electron chi connectivity index (χ0n) is 40.8. The fourth-order valence-electron chi connectivity index (χ4n) is 9.64. The molecule has 4 aliphatic heterocycles. The first-order valence-corrected chi connectivity index (χ1v) is 30.4. The first-order valence-electron chi connectivity index (χ1n) is 22.6. The molecule has 0 aromatic carbocycles. The Balaban J connectivity index is 0.856. The van der Waals surface area contributed by atoms with E-state index in [1.165, 1.54) is 22.5 Å². The number of hydrogen-bond donors (Lipinski definition) is 12. The third-order valence-electron chi connectivity index (χ3n) is 13.0. The van der Waals surface area contributed by atoms with Crippen molar-refractivity contribution in [3.8, 4) is 0 Å². The minimum atomic E-state index is -6.30. The van der Waals surface area contributed by atoms with E-state index in [1.807, 2.05) is 0 Å². The summed E-state index contributed by atoms with van der Waals surface area (Å²) in [5.41, 5.74) is 12.7. The van der Waals surface area contributed by atoms with Crippen LogP contribution in [0, 0.1) is 0 Å². The van der Waals surface area contributed by atoms with E-state index >= 15 is 0 Å². The van der Waals surface area contributed by atoms with Gasteiger partial charge in [0.25, 0.3) is 17.1 Å². The van der Waals surface area contributed by atoms with Crippen LogP contribution in [-0.2, 0) is 81.0 Å². The molecule has 4 aliphatic rings.